The fourth-order valence-corrected chi connectivity index (χ4v) is 5.88. The minimum absolute atomic E-state index is 0.0617. The molecule has 0 heterocycles. The first-order valence-electron chi connectivity index (χ1n) is 9.58. The first-order valence-corrected chi connectivity index (χ1v) is 9.58. The molecule has 1 aromatic carbocycles. The summed E-state index contributed by atoms with van der Waals surface area (Å²) in [5, 5.41) is 0. The van der Waals surface area contributed by atoms with Crippen LogP contribution in [0.2, 0.25) is 0 Å². The van der Waals surface area contributed by atoms with Crippen molar-refractivity contribution in [3.63, 3.8) is 0 Å². The van der Waals surface area contributed by atoms with Gasteiger partial charge in [0.1, 0.15) is 5.75 Å². The van der Waals surface area contributed by atoms with Gasteiger partial charge in [0.2, 0.25) is 6.29 Å². The van der Waals surface area contributed by atoms with Crippen molar-refractivity contribution < 1.29 is 9.47 Å². The van der Waals surface area contributed by atoms with Crippen molar-refractivity contribution in [2.75, 3.05) is 6.61 Å². The summed E-state index contributed by atoms with van der Waals surface area (Å²) in [6.45, 7) is 5.02. The summed E-state index contributed by atoms with van der Waals surface area (Å²) in [6.07, 6.45) is 9.35. The van der Waals surface area contributed by atoms with Crippen molar-refractivity contribution in [3.05, 3.63) is 29.8 Å². The van der Waals surface area contributed by atoms with Crippen molar-refractivity contribution in [2.45, 2.75) is 65.1 Å². The van der Waals surface area contributed by atoms with Crippen LogP contribution in [0.4, 0.5) is 0 Å². The second-order valence-corrected chi connectivity index (χ2v) is 8.18. The number of hydrogen-bond donors (Lipinski definition) is 0. The quantitative estimate of drug-likeness (QED) is 0.671. The van der Waals surface area contributed by atoms with E-state index in [0.29, 0.717) is 0 Å². The molecular weight excluding hydrogens is 284 g/mol. The Morgan fingerprint density at radius 2 is 1.52 bits per heavy atom. The monoisotopic (exact) mass is 314 g/mol. The van der Waals surface area contributed by atoms with Crippen molar-refractivity contribution >= 4 is 0 Å². The number of aryl methyl sites for hydroxylation is 1. The Balaban J connectivity index is 1.55. The molecule has 1 atom stereocenters. The zero-order valence-electron chi connectivity index (χ0n) is 14.6. The van der Waals surface area contributed by atoms with Gasteiger partial charge in [-0.05, 0) is 87.3 Å². The van der Waals surface area contributed by atoms with Crippen LogP contribution in [0.15, 0.2) is 24.3 Å². The van der Waals surface area contributed by atoms with E-state index >= 15 is 0 Å². The molecule has 0 radical (unpaired) electrons. The second kappa shape index (κ2) is 6.12. The van der Waals surface area contributed by atoms with Crippen LogP contribution < -0.4 is 4.74 Å². The molecule has 4 aliphatic carbocycles. The Kier molecular flexibility index (Phi) is 4.13. The van der Waals surface area contributed by atoms with E-state index < -0.39 is 0 Å². The topological polar surface area (TPSA) is 18.5 Å². The van der Waals surface area contributed by atoms with Crippen LogP contribution in [0.25, 0.3) is 0 Å². The van der Waals surface area contributed by atoms with Crippen LogP contribution in [0, 0.1) is 23.2 Å². The van der Waals surface area contributed by atoms with E-state index in [2.05, 4.69) is 38.1 Å². The van der Waals surface area contributed by atoms with Gasteiger partial charge in [0, 0.05) is 12.0 Å². The molecule has 5 rings (SSSR count). The molecular formula is C21H30O2. The largest absolute Gasteiger partial charge is 0.464 e. The Bertz CT molecular complexity index is 498. The van der Waals surface area contributed by atoms with E-state index in [1.54, 1.807) is 0 Å². The molecule has 4 aliphatic rings. The third kappa shape index (κ3) is 2.91. The SMILES string of the molecule is CCOC(Oc1ccc(CC)cc1)C12CC3CC(CC(C3)C1)C2. The average molecular weight is 314 g/mol. The number of hydrogen-bond acceptors (Lipinski definition) is 2. The van der Waals surface area contributed by atoms with Crippen LogP contribution in [-0.4, -0.2) is 12.9 Å². The molecule has 4 saturated carbocycles. The molecule has 2 nitrogen and oxygen atoms in total. The van der Waals surface area contributed by atoms with Crippen LogP contribution in [0.3, 0.4) is 0 Å². The maximum atomic E-state index is 6.42. The van der Waals surface area contributed by atoms with Crippen molar-refractivity contribution in [3.8, 4) is 5.75 Å². The maximum absolute atomic E-state index is 6.42. The summed E-state index contributed by atoms with van der Waals surface area (Å²) < 4.78 is 12.6. The minimum atomic E-state index is -0.0617. The summed E-state index contributed by atoms with van der Waals surface area (Å²) in [7, 11) is 0. The van der Waals surface area contributed by atoms with Gasteiger partial charge >= 0.3 is 0 Å². The molecule has 23 heavy (non-hydrogen) atoms. The molecule has 0 aromatic heterocycles. The predicted molar refractivity (Wildman–Crippen MR) is 92.5 cm³/mol. The first kappa shape index (κ1) is 15.5. The van der Waals surface area contributed by atoms with E-state index in [4.69, 9.17) is 9.47 Å². The molecule has 126 valence electrons. The number of ether oxygens (including phenoxy) is 2. The predicted octanol–water partition coefficient (Wildman–Crippen LogP) is 5.21. The molecule has 0 spiro atoms. The van der Waals surface area contributed by atoms with Crippen LogP contribution >= 0.6 is 0 Å². The number of rotatable bonds is 6. The molecule has 0 amide bonds. The van der Waals surface area contributed by atoms with Crippen LogP contribution in [-0.2, 0) is 11.2 Å². The molecule has 0 aliphatic heterocycles. The summed E-state index contributed by atoms with van der Waals surface area (Å²) in [6, 6.07) is 8.59. The Morgan fingerprint density at radius 1 is 0.957 bits per heavy atom. The Morgan fingerprint density at radius 3 is 2.00 bits per heavy atom. The summed E-state index contributed by atoms with van der Waals surface area (Å²) in [5.41, 5.74) is 1.63. The highest BCUT2D eigenvalue weighted by molar-refractivity contribution is 5.27. The molecule has 4 bridgehead atoms. The van der Waals surface area contributed by atoms with Gasteiger partial charge in [-0.15, -0.1) is 0 Å². The average Bonchev–Trinajstić information content (AvgIpc) is 2.54. The van der Waals surface area contributed by atoms with Crippen LogP contribution in [0.5, 0.6) is 5.75 Å². The van der Waals surface area contributed by atoms with Crippen molar-refractivity contribution in [1.29, 1.82) is 0 Å². The third-order valence-corrected chi connectivity index (χ3v) is 6.48. The summed E-state index contributed by atoms with van der Waals surface area (Å²) in [4.78, 5) is 0. The highest BCUT2D eigenvalue weighted by Gasteiger charge is 2.55. The zero-order chi connectivity index (χ0) is 15.9. The minimum Gasteiger partial charge on any atom is -0.464 e. The lowest BCUT2D eigenvalue weighted by molar-refractivity contribution is -0.213. The highest BCUT2D eigenvalue weighted by Crippen LogP contribution is 2.61. The van der Waals surface area contributed by atoms with Crippen molar-refractivity contribution in [1.82, 2.24) is 0 Å². The van der Waals surface area contributed by atoms with E-state index in [0.717, 1.165) is 36.5 Å². The first-order chi connectivity index (χ1) is 11.2. The molecule has 1 aromatic rings. The summed E-state index contributed by atoms with van der Waals surface area (Å²) in [5.74, 6) is 3.75. The smallest absolute Gasteiger partial charge is 0.205 e. The van der Waals surface area contributed by atoms with Gasteiger partial charge in [-0.3, -0.25) is 0 Å². The van der Waals surface area contributed by atoms with Gasteiger partial charge in [-0.2, -0.15) is 0 Å². The van der Waals surface area contributed by atoms with Crippen LogP contribution in [0.1, 0.15) is 57.9 Å². The van der Waals surface area contributed by atoms with E-state index in [1.165, 1.54) is 44.1 Å². The Labute approximate surface area is 140 Å². The third-order valence-electron chi connectivity index (χ3n) is 6.48. The van der Waals surface area contributed by atoms with Gasteiger partial charge in [0.25, 0.3) is 0 Å². The lowest BCUT2D eigenvalue weighted by Crippen LogP contribution is -2.54. The van der Waals surface area contributed by atoms with Gasteiger partial charge in [-0.1, -0.05) is 19.1 Å². The van der Waals surface area contributed by atoms with E-state index in [1.807, 2.05) is 0 Å². The molecule has 0 saturated heterocycles. The van der Waals surface area contributed by atoms with Gasteiger partial charge in [0.05, 0.1) is 0 Å². The highest BCUT2D eigenvalue weighted by atomic mass is 16.7. The van der Waals surface area contributed by atoms with Gasteiger partial charge < -0.3 is 9.47 Å². The molecule has 4 fully saturated rings. The molecule has 1 unspecified atom stereocenters. The second-order valence-electron chi connectivity index (χ2n) is 8.18. The molecule has 2 heteroatoms. The van der Waals surface area contributed by atoms with Gasteiger partial charge in [0.15, 0.2) is 0 Å². The lowest BCUT2D eigenvalue weighted by atomic mass is 9.49. The van der Waals surface area contributed by atoms with E-state index in [-0.39, 0.29) is 11.7 Å². The van der Waals surface area contributed by atoms with Gasteiger partial charge in [-0.25, -0.2) is 0 Å². The number of benzene rings is 1. The zero-order valence-corrected chi connectivity index (χ0v) is 14.6. The van der Waals surface area contributed by atoms with Crippen molar-refractivity contribution in [2.24, 2.45) is 23.2 Å². The maximum Gasteiger partial charge on any atom is 0.205 e. The standard InChI is InChI=1S/C21H30O2/c1-3-15-5-7-19(8-6-15)23-20(22-4-2)21-12-16-9-17(13-21)11-18(10-16)14-21/h5-8,16-18,20H,3-4,9-14H2,1-2H3. The van der Waals surface area contributed by atoms with E-state index in [9.17, 15) is 0 Å². The summed E-state index contributed by atoms with van der Waals surface area (Å²) >= 11 is 0. The normalized spacial score (nSPS) is 36.2. The Hall–Kier alpha value is -1.02. The lowest BCUT2D eigenvalue weighted by Gasteiger charge is -2.58. The fraction of sp³-hybridized carbons (Fsp3) is 0.714. The fourth-order valence-electron chi connectivity index (χ4n) is 5.88. The molecule has 0 N–H and O–H groups in total.